The molecule has 1 aliphatic rings. The van der Waals surface area contributed by atoms with E-state index in [0.29, 0.717) is 5.02 Å². The summed E-state index contributed by atoms with van der Waals surface area (Å²) in [5.41, 5.74) is 0.743. The first kappa shape index (κ1) is 13.8. The minimum atomic E-state index is -3.24. The van der Waals surface area contributed by atoms with E-state index in [1.54, 1.807) is 35.6 Å². The maximum absolute atomic E-state index is 12.3. The predicted molar refractivity (Wildman–Crippen MR) is 74.1 cm³/mol. The zero-order chi connectivity index (χ0) is 13.2. The topological polar surface area (TPSA) is 37.4 Å². The molecule has 1 saturated carbocycles. The van der Waals surface area contributed by atoms with Crippen molar-refractivity contribution >= 4 is 21.6 Å². The molecule has 0 radical (unpaired) electrons. The van der Waals surface area contributed by atoms with Gasteiger partial charge in [-0.3, -0.25) is 0 Å². The molecular formula is C13H18ClNO2S. The summed E-state index contributed by atoms with van der Waals surface area (Å²) in [6.45, 7) is 0. The van der Waals surface area contributed by atoms with Crippen LogP contribution >= 0.6 is 11.6 Å². The SMILES string of the molecule is CN(C1CCCC1)S(=O)(=O)Cc1cccc(Cl)c1. The van der Waals surface area contributed by atoms with E-state index >= 15 is 0 Å². The number of nitrogens with zero attached hydrogens (tertiary/aromatic N) is 1. The van der Waals surface area contributed by atoms with Crippen molar-refractivity contribution in [1.29, 1.82) is 0 Å². The zero-order valence-electron chi connectivity index (χ0n) is 10.5. The summed E-state index contributed by atoms with van der Waals surface area (Å²) in [4.78, 5) is 0. The zero-order valence-corrected chi connectivity index (χ0v) is 12.0. The lowest BCUT2D eigenvalue weighted by Crippen LogP contribution is -2.36. The fourth-order valence-electron chi connectivity index (χ4n) is 2.43. The van der Waals surface area contributed by atoms with Gasteiger partial charge in [0.05, 0.1) is 5.75 Å². The van der Waals surface area contributed by atoms with Crippen LogP contribution in [0.15, 0.2) is 24.3 Å². The van der Waals surface area contributed by atoms with Crippen LogP contribution in [0.1, 0.15) is 31.2 Å². The molecule has 1 aliphatic carbocycles. The second kappa shape index (κ2) is 5.59. The van der Waals surface area contributed by atoms with Crippen molar-refractivity contribution in [2.75, 3.05) is 7.05 Å². The van der Waals surface area contributed by atoms with Gasteiger partial charge in [-0.1, -0.05) is 36.6 Å². The van der Waals surface area contributed by atoms with Crippen molar-refractivity contribution in [3.05, 3.63) is 34.9 Å². The van der Waals surface area contributed by atoms with E-state index in [-0.39, 0.29) is 11.8 Å². The Bertz CT molecular complexity index is 509. The average molecular weight is 288 g/mol. The van der Waals surface area contributed by atoms with Crippen LogP contribution in [0.2, 0.25) is 5.02 Å². The van der Waals surface area contributed by atoms with Crippen molar-refractivity contribution in [2.45, 2.75) is 37.5 Å². The molecule has 1 fully saturated rings. The lowest BCUT2D eigenvalue weighted by Gasteiger charge is -2.23. The van der Waals surface area contributed by atoms with E-state index in [4.69, 9.17) is 11.6 Å². The molecule has 18 heavy (non-hydrogen) atoms. The molecular weight excluding hydrogens is 270 g/mol. The third kappa shape index (κ3) is 3.25. The van der Waals surface area contributed by atoms with Crippen molar-refractivity contribution in [1.82, 2.24) is 4.31 Å². The van der Waals surface area contributed by atoms with Gasteiger partial charge >= 0.3 is 0 Å². The molecule has 2 rings (SSSR count). The number of hydrogen-bond acceptors (Lipinski definition) is 2. The Hall–Kier alpha value is -0.580. The monoisotopic (exact) mass is 287 g/mol. The molecule has 0 spiro atoms. The largest absolute Gasteiger partial charge is 0.218 e. The van der Waals surface area contributed by atoms with Gasteiger partial charge < -0.3 is 0 Å². The van der Waals surface area contributed by atoms with Gasteiger partial charge in [0, 0.05) is 18.1 Å². The molecule has 0 bridgehead atoms. The average Bonchev–Trinajstić information content (AvgIpc) is 2.80. The molecule has 0 aliphatic heterocycles. The van der Waals surface area contributed by atoms with Crippen LogP contribution in [0.3, 0.4) is 0 Å². The van der Waals surface area contributed by atoms with Crippen LogP contribution in [0, 0.1) is 0 Å². The summed E-state index contributed by atoms with van der Waals surface area (Å²) in [5, 5.41) is 0.575. The van der Waals surface area contributed by atoms with Gasteiger partial charge in [-0.15, -0.1) is 0 Å². The minimum absolute atomic E-state index is 0.0283. The van der Waals surface area contributed by atoms with E-state index in [1.165, 1.54) is 0 Å². The van der Waals surface area contributed by atoms with Crippen LogP contribution in [0.25, 0.3) is 0 Å². The highest BCUT2D eigenvalue weighted by Gasteiger charge is 2.28. The lowest BCUT2D eigenvalue weighted by molar-refractivity contribution is 0.372. The van der Waals surface area contributed by atoms with Gasteiger partial charge in [-0.2, -0.15) is 0 Å². The van der Waals surface area contributed by atoms with Crippen molar-refractivity contribution in [3.8, 4) is 0 Å². The Morgan fingerprint density at radius 3 is 2.61 bits per heavy atom. The number of hydrogen-bond donors (Lipinski definition) is 0. The number of halogens is 1. The van der Waals surface area contributed by atoms with E-state index in [1.807, 2.05) is 0 Å². The smallest absolute Gasteiger partial charge is 0.212 e. The highest BCUT2D eigenvalue weighted by molar-refractivity contribution is 7.88. The maximum Gasteiger partial charge on any atom is 0.218 e. The van der Waals surface area contributed by atoms with Gasteiger partial charge in [0.15, 0.2) is 0 Å². The van der Waals surface area contributed by atoms with Gasteiger partial charge in [0.2, 0.25) is 10.0 Å². The van der Waals surface area contributed by atoms with Gasteiger partial charge in [-0.05, 0) is 30.5 Å². The second-order valence-electron chi connectivity index (χ2n) is 4.84. The summed E-state index contributed by atoms with van der Waals surface area (Å²) >= 11 is 5.87. The highest BCUT2D eigenvalue weighted by atomic mass is 35.5. The second-order valence-corrected chi connectivity index (χ2v) is 7.31. The van der Waals surface area contributed by atoms with Crippen LogP contribution in [0.4, 0.5) is 0 Å². The molecule has 1 aromatic rings. The Balaban J connectivity index is 2.11. The van der Waals surface area contributed by atoms with Crippen molar-refractivity contribution in [2.24, 2.45) is 0 Å². The summed E-state index contributed by atoms with van der Waals surface area (Å²) in [5.74, 6) is 0.0283. The van der Waals surface area contributed by atoms with Crippen LogP contribution in [-0.2, 0) is 15.8 Å². The molecule has 3 nitrogen and oxygen atoms in total. The van der Waals surface area contributed by atoms with Crippen molar-refractivity contribution < 1.29 is 8.42 Å². The molecule has 5 heteroatoms. The van der Waals surface area contributed by atoms with Gasteiger partial charge in [0.25, 0.3) is 0 Å². The van der Waals surface area contributed by atoms with Crippen LogP contribution in [0.5, 0.6) is 0 Å². The van der Waals surface area contributed by atoms with E-state index < -0.39 is 10.0 Å². The predicted octanol–water partition coefficient (Wildman–Crippen LogP) is 3.04. The molecule has 0 atom stereocenters. The molecule has 1 aromatic carbocycles. The Labute approximate surface area is 114 Å². The molecule has 0 heterocycles. The number of rotatable bonds is 4. The molecule has 0 unspecified atom stereocenters. The summed E-state index contributed by atoms with van der Waals surface area (Å²) in [6.07, 6.45) is 4.21. The molecule has 100 valence electrons. The van der Waals surface area contributed by atoms with Crippen LogP contribution < -0.4 is 0 Å². The maximum atomic E-state index is 12.3. The number of sulfonamides is 1. The van der Waals surface area contributed by atoms with Crippen molar-refractivity contribution in [3.63, 3.8) is 0 Å². The Kier molecular flexibility index (Phi) is 4.30. The van der Waals surface area contributed by atoms with E-state index in [2.05, 4.69) is 0 Å². The minimum Gasteiger partial charge on any atom is -0.212 e. The summed E-state index contributed by atoms with van der Waals surface area (Å²) < 4.78 is 26.1. The van der Waals surface area contributed by atoms with Gasteiger partial charge in [0.1, 0.15) is 0 Å². The molecule has 0 N–H and O–H groups in total. The molecule has 0 amide bonds. The fourth-order valence-corrected chi connectivity index (χ4v) is 4.12. The first-order valence-corrected chi connectivity index (χ1v) is 8.18. The highest BCUT2D eigenvalue weighted by Crippen LogP contribution is 2.25. The summed E-state index contributed by atoms with van der Waals surface area (Å²) in [7, 11) is -1.55. The first-order chi connectivity index (χ1) is 8.49. The first-order valence-electron chi connectivity index (χ1n) is 6.19. The third-order valence-corrected chi connectivity index (χ3v) is 5.62. The Morgan fingerprint density at radius 1 is 1.33 bits per heavy atom. The van der Waals surface area contributed by atoms with Gasteiger partial charge in [-0.25, -0.2) is 12.7 Å². The summed E-state index contributed by atoms with van der Waals surface area (Å²) in [6, 6.07) is 7.21. The molecule has 0 saturated heterocycles. The van der Waals surface area contributed by atoms with E-state index in [0.717, 1.165) is 31.2 Å². The lowest BCUT2D eigenvalue weighted by atomic mass is 10.2. The standard InChI is InChI=1S/C13H18ClNO2S/c1-15(13-7-2-3-8-13)18(16,17)10-11-5-4-6-12(14)9-11/h4-6,9,13H,2-3,7-8,10H2,1H3. The third-order valence-electron chi connectivity index (χ3n) is 3.52. The quantitative estimate of drug-likeness (QED) is 0.853. The normalized spacial score (nSPS) is 17.5. The molecule has 0 aromatic heterocycles. The number of benzene rings is 1. The Morgan fingerprint density at radius 2 is 2.00 bits per heavy atom. The van der Waals surface area contributed by atoms with E-state index in [9.17, 15) is 8.42 Å². The van der Waals surface area contributed by atoms with Crippen LogP contribution in [-0.4, -0.2) is 25.8 Å². The fraction of sp³-hybridized carbons (Fsp3) is 0.538.